The van der Waals surface area contributed by atoms with Crippen LogP contribution < -0.4 is 9.47 Å². The fourth-order valence-corrected chi connectivity index (χ4v) is 2.05. The molecule has 2 aromatic carbocycles. The summed E-state index contributed by atoms with van der Waals surface area (Å²) in [7, 11) is 3.08. The van der Waals surface area contributed by atoms with Crippen LogP contribution in [-0.4, -0.2) is 42.8 Å². The van der Waals surface area contributed by atoms with Gasteiger partial charge in [-0.1, -0.05) is 12.1 Å². The molecule has 0 saturated carbocycles. The predicted molar refractivity (Wildman–Crippen MR) is 89.4 cm³/mol. The van der Waals surface area contributed by atoms with Crippen molar-refractivity contribution in [1.82, 2.24) is 5.06 Å². The van der Waals surface area contributed by atoms with Crippen molar-refractivity contribution in [2.75, 3.05) is 20.8 Å². The molecule has 7 nitrogen and oxygen atoms in total. The number of benzene rings is 2. The number of carbonyl (C=O) groups excluding carboxylic acids is 1. The van der Waals surface area contributed by atoms with Gasteiger partial charge in [-0.3, -0.25) is 14.4 Å². The first-order valence-electron chi connectivity index (χ1n) is 7.47. The maximum atomic E-state index is 12.5. The number of carboxylic acids is 1. The molecule has 0 spiro atoms. The van der Waals surface area contributed by atoms with Gasteiger partial charge in [-0.25, -0.2) is 5.06 Å². The molecule has 0 aliphatic heterocycles. The van der Waals surface area contributed by atoms with Crippen LogP contribution in [-0.2, 0) is 16.2 Å². The molecule has 0 atom stereocenters. The lowest BCUT2D eigenvalue weighted by Crippen LogP contribution is -2.35. The van der Waals surface area contributed by atoms with Crippen molar-refractivity contribution >= 4 is 11.9 Å². The van der Waals surface area contributed by atoms with Crippen LogP contribution in [0.15, 0.2) is 48.5 Å². The van der Waals surface area contributed by atoms with Gasteiger partial charge in [-0.05, 0) is 42.0 Å². The summed E-state index contributed by atoms with van der Waals surface area (Å²) in [5.74, 6) is -0.420. The van der Waals surface area contributed by atoms with E-state index in [1.807, 2.05) is 0 Å². The van der Waals surface area contributed by atoms with Gasteiger partial charge in [-0.2, -0.15) is 0 Å². The molecule has 132 valence electrons. The van der Waals surface area contributed by atoms with Crippen molar-refractivity contribution in [3.05, 3.63) is 59.7 Å². The normalized spacial score (nSPS) is 10.2. The van der Waals surface area contributed by atoms with Crippen LogP contribution in [0.2, 0.25) is 0 Å². The van der Waals surface area contributed by atoms with Gasteiger partial charge in [0.15, 0.2) is 0 Å². The van der Waals surface area contributed by atoms with E-state index < -0.39 is 18.4 Å². The largest absolute Gasteiger partial charge is 0.497 e. The number of carboxylic acid groups (broad SMARTS) is 1. The number of methoxy groups -OCH3 is 2. The number of hydrogen-bond donors (Lipinski definition) is 1. The fraction of sp³-hybridized carbons (Fsp3) is 0.222. The van der Waals surface area contributed by atoms with E-state index >= 15 is 0 Å². The molecule has 1 amide bonds. The van der Waals surface area contributed by atoms with Crippen LogP contribution in [0.1, 0.15) is 15.9 Å². The van der Waals surface area contributed by atoms with Gasteiger partial charge in [0.25, 0.3) is 5.91 Å². The molecule has 0 aromatic heterocycles. The maximum absolute atomic E-state index is 12.5. The highest BCUT2D eigenvalue weighted by atomic mass is 16.7. The Bertz CT molecular complexity index is 711. The summed E-state index contributed by atoms with van der Waals surface area (Å²) in [4.78, 5) is 28.9. The second-order valence-electron chi connectivity index (χ2n) is 5.09. The highest BCUT2D eigenvalue weighted by Crippen LogP contribution is 2.15. The molecule has 0 radical (unpaired) electrons. The first kappa shape index (κ1) is 18.3. The molecular formula is C18H19NO6. The lowest BCUT2D eigenvalue weighted by Gasteiger charge is -2.20. The number of nitrogens with zero attached hydrogens (tertiary/aromatic N) is 1. The zero-order valence-corrected chi connectivity index (χ0v) is 14.0. The zero-order chi connectivity index (χ0) is 18.2. The fourth-order valence-electron chi connectivity index (χ4n) is 2.05. The van der Waals surface area contributed by atoms with E-state index in [-0.39, 0.29) is 6.61 Å². The van der Waals surface area contributed by atoms with Crippen molar-refractivity contribution in [2.24, 2.45) is 0 Å². The number of hydrogen-bond acceptors (Lipinski definition) is 5. The smallest absolute Gasteiger partial charge is 0.325 e. The summed E-state index contributed by atoms with van der Waals surface area (Å²) in [5.41, 5.74) is 1.08. The molecule has 0 fully saturated rings. The molecule has 0 bridgehead atoms. The standard InChI is InChI=1S/C18H19NO6/c1-23-15-7-3-13(4-8-15)12-25-19(11-17(20)21)18(22)14-5-9-16(24-2)10-6-14/h3-10H,11-12H2,1-2H3,(H,20,21). The topological polar surface area (TPSA) is 85.3 Å². The molecule has 25 heavy (non-hydrogen) atoms. The summed E-state index contributed by atoms with van der Waals surface area (Å²) >= 11 is 0. The Kier molecular flexibility index (Phi) is 6.36. The van der Waals surface area contributed by atoms with Crippen molar-refractivity contribution in [1.29, 1.82) is 0 Å². The van der Waals surface area contributed by atoms with E-state index in [9.17, 15) is 9.59 Å². The van der Waals surface area contributed by atoms with Crippen LogP contribution in [0.5, 0.6) is 11.5 Å². The summed E-state index contributed by atoms with van der Waals surface area (Å²) in [5, 5.41) is 9.84. The number of carbonyl (C=O) groups is 2. The van der Waals surface area contributed by atoms with Gasteiger partial charge in [-0.15, -0.1) is 0 Å². The average molecular weight is 345 g/mol. The quantitative estimate of drug-likeness (QED) is 0.739. The Morgan fingerprint density at radius 3 is 1.92 bits per heavy atom. The van der Waals surface area contributed by atoms with E-state index in [1.165, 1.54) is 7.11 Å². The Labute approximate surface area is 145 Å². The first-order valence-corrected chi connectivity index (χ1v) is 7.47. The molecule has 1 N–H and O–H groups in total. The first-order chi connectivity index (χ1) is 12.0. The Balaban J connectivity index is 2.08. The lowest BCUT2D eigenvalue weighted by atomic mass is 10.2. The van der Waals surface area contributed by atoms with Gasteiger partial charge in [0.05, 0.1) is 14.2 Å². The van der Waals surface area contributed by atoms with E-state index in [2.05, 4.69) is 0 Å². The van der Waals surface area contributed by atoms with Gasteiger partial charge < -0.3 is 14.6 Å². The Hall–Kier alpha value is -3.06. The Morgan fingerprint density at radius 2 is 1.44 bits per heavy atom. The van der Waals surface area contributed by atoms with Gasteiger partial charge in [0.1, 0.15) is 24.7 Å². The number of ether oxygens (including phenoxy) is 2. The number of aliphatic carboxylic acids is 1. The lowest BCUT2D eigenvalue weighted by molar-refractivity contribution is -0.162. The second kappa shape index (κ2) is 8.70. The SMILES string of the molecule is COc1ccc(CON(CC(=O)O)C(=O)c2ccc(OC)cc2)cc1. The van der Waals surface area contributed by atoms with E-state index in [4.69, 9.17) is 19.4 Å². The van der Waals surface area contributed by atoms with E-state index in [1.54, 1.807) is 55.6 Å². The highest BCUT2D eigenvalue weighted by molar-refractivity contribution is 5.95. The monoisotopic (exact) mass is 345 g/mol. The predicted octanol–water partition coefficient (Wildman–Crippen LogP) is 2.36. The highest BCUT2D eigenvalue weighted by Gasteiger charge is 2.20. The van der Waals surface area contributed by atoms with Crippen LogP contribution in [0.4, 0.5) is 0 Å². The molecular weight excluding hydrogens is 326 g/mol. The molecule has 2 aromatic rings. The Morgan fingerprint density at radius 1 is 0.920 bits per heavy atom. The number of rotatable bonds is 8. The second-order valence-corrected chi connectivity index (χ2v) is 5.09. The minimum absolute atomic E-state index is 0.0547. The van der Waals surface area contributed by atoms with Crippen molar-refractivity contribution < 1.29 is 29.0 Å². The minimum atomic E-state index is -1.17. The van der Waals surface area contributed by atoms with Crippen LogP contribution in [0.3, 0.4) is 0 Å². The third kappa shape index (κ3) is 5.22. The van der Waals surface area contributed by atoms with Crippen molar-refractivity contribution in [2.45, 2.75) is 6.61 Å². The molecule has 0 heterocycles. The third-order valence-electron chi connectivity index (χ3n) is 3.39. The summed E-state index contributed by atoms with van der Waals surface area (Å²) in [6.45, 7) is -0.514. The average Bonchev–Trinajstić information content (AvgIpc) is 2.64. The zero-order valence-electron chi connectivity index (χ0n) is 14.0. The van der Waals surface area contributed by atoms with Crippen molar-refractivity contribution in [3.8, 4) is 11.5 Å². The van der Waals surface area contributed by atoms with Crippen LogP contribution in [0.25, 0.3) is 0 Å². The van der Waals surface area contributed by atoms with Gasteiger partial charge in [0, 0.05) is 5.56 Å². The maximum Gasteiger partial charge on any atom is 0.325 e. The summed E-state index contributed by atoms with van der Waals surface area (Å²) in [6.07, 6.45) is 0. The molecule has 0 unspecified atom stereocenters. The van der Waals surface area contributed by atoms with E-state index in [0.717, 1.165) is 10.6 Å². The third-order valence-corrected chi connectivity index (χ3v) is 3.39. The van der Waals surface area contributed by atoms with Crippen LogP contribution >= 0.6 is 0 Å². The number of amides is 1. The summed E-state index contributed by atoms with van der Waals surface area (Å²) in [6, 6.07) is 13.4. The number of hydroxylamine groups is 2. The molecule has 0 saturated heterocycles. The van der Waals surface area contributed by atoms with Gasteiger partial charge >= 0.3 is 5.97 Å². The van der Waals surface area contributed by atoms with Crippen LogP contribution in [0, 0.1) is 0 Å². The molecule has 0 aliphatic carbocycles. The van der Waals surface area contributed by atoms with Gasteiger partial charge in [0.2, 0.25) is 0 Å². The minimum Gasteiger partial charge on any atom is -0.497 e. The van der Waals surface area contributed by atoms with E-state index in [0.29, 0.717) is 17.1 Å². The molecule has 7 heteroatoms. The molecule has 2 rings (SSSR count). The summed E-state index contributed by atoms with van der Waals surface area (Å²) < 4.78 is 10.1. The molecule has 0 aliphatic rings. The van der Waals surface area contributed by atoms with Crippen molar-refractivity contribution in [3.63, 3.8) is 0 Å².